The van der Waals surface area contributed by atoms with Crippen molar-refractivity contribution >= 4 is 32.5 Å². The Morgan fingerprint density at radius 1 is 1.33 bits per heavy atom. The molecule has 2 aromatic rings. The van der Waals surface area contributed by atoms with Gasteiger partial charge in [0, 0.05) is 21.8 Å². The lowest BCUT2D eigenvalue weighted by Gasteiger charge is -2.30. The fraction of sp³-hybridized carbons (Fsp3) is 0.294. The quantitative estimate of drug-likeness (QED) is 0.872. The Morgan fingerprint density at radius 3 is 3.00 bits per heavy atom. The topological polar surface area (TPSA) is 37.8 Å². The number of hydrogen-bond acceptors (Lipinski definition) is 3. The molecule has 1 heterocycles. The molecule has 0 saturated carbocycles. The Hall–Kier alpha value is -1.68. The maximum Gasteiger partial charge on any atom is 0.0951 e. The fourth-order valence-electron chi connectivity index (χ4n) is 2.67. The first kappa shape index (κ1) is 14.3. The summed E-state index contributed by atoms with van der Waals surface area (Å²) in [5, 5.41) is 12.9. The number of aromatic nitrogens is 2. The van der Waals surface area contributed by atoms with E-state index in [1.807, 2.05) is 12.1 Å². The molecule has 0 bridgehead atoms. The standard InChI is InChI=1S/C17H18BrN3/c1-2-17(8-4-3-5-9-17)12-19-16-11-20-21-15-7-6-13(18)10-14(15)16/h3-8,10-11H,2,9,12H2,1H3,(H,19,21)/t17-/m0/s1. The van der Waals surface area contributed by atoms with Crippen LogP contribution in [-0.4, -0.2) is 16.7 Å². The first-order chi connectivity index (χ1) is 10.2. The van der Waals surface area contributed by atoms with E-state index in [4.69, 9.17) is 0 Å². The summed E-state index contributed by atoms with van der Waals surface area (Å²) in [4.78, 5) is 0. The minimum Gasteiger partial charge on any atom is -0.382 e. The lowest BCUT2D eigenvalue weighted by molar-refractivity contribution is 0.393. The third-order valence-electron chi connectivity index (χ3n) is 4.16. The Morgan fingerprint density at radius 2 is 2.24 bits per heavy atom. The number of nitrogens with zero attached hydrogens (tertiary/aromatic N) is 2. The van der Waals surface area contributed by atoms with Gasteiger partial charge in [-0.1, -0.05) is 47.2 Å². The Labute approximate surface area is 133 Å². The minimum absolute atomic E-state index is 0.191. The van der Waals surface area contributed by atoms with Crippen molar-refractivity contribution in [1.29, 1.82) is 0 Å². The average Bonchev–Trinajstić information content (AvgIpc) is 2.54. The number of fused-ring (bicyclic) bond motifs is 1. The number of allylic oxidation sites excluding steroid dienone is 3. The summed E-state index contributed by atoms with van der Waals surface area (Å²) in [5.41, 5.74) is 2.14. The van der Waals surface area contributed by atoms with Gasteiger partial charge in [0.15, 0.2) is 0 Å². The van der Waals surface area contributed by atoms with E-state index in [0.717, 1.165) is 40.4 Å². The molecule has 3 nitrogen and oxygen atoms in total. The van der Waals surface area contributed by atoms with Gasteiger partial charge in [0.25, 0.3) is 0 Å². The van der Waals surface area contributed by atoms with Crippen molar-refractivity contribution in [3.05, 3.63) is 53.2 Å². The van der Waals surface area contributed by atoms with Crippen molar-refractivity contribution in [1.82, 2.24) is 10.2 Å². The summed E-state index contributed by atoms with van der Waals surface area (Å²) in [6.07, 6.45) is 12.8. The number of nitrogens with one attached hydrogen (secondary N) is 1. The number of hydrogen-bond donors (Lipinski definition) is 1. The molecule has 21 heavy (non-hydrogen) atoms. The highest BCUT2D eigenvalue weighted by Gasteiger charge is 2.24. The lowest BCUT2D eigenvalue weighted by atomic mass is 9.79. The summed E-state index contributed by atoms with van der Waals surface area (Å²) >= 11 is 3.52. The largest absolute Gasteiger partial charge is 0.382 e. The van der Waals surface area contributed by atoms with Gasteiger partial charge in [-0.05, 0) is 31.0 Å². The van der Waals surface area contributed by atoms with Crippen LogP contribution in [0.2, 0.25) is 0 Å². The minimum atomic E-state index is 0.191. The zero-order valence-electron chi connectivity index (χ0n) is 12.0. The molecular formula is C17H18BrN3. The monoisotopic (exact) mass is 343 g/mol. The van der Waals surface area contributed by atoms with Crippen LogP contribution in [0.5, 0.6) is 0 Å². The highest BCUT2D eigenvalue weighted by atomic mass is 79.9. The molecule has 108 valence electrons. The molecule has 0 spiro atoms. The first-order valence-electron chi connectivity index (χ1n) is 7.22. The second-order valence-corrected chi connectivity index (χ2v) is 6.40. The summed E-state index contributed by atoms with van der Waals surface area (Å²) in [6, 6.07) is 6.06. The zero-order valence-corrected chi connectivity index (χ0v) is 13.6. The van der Waals surface area contributed by atoms with Gasteiger partial charge in [0.05, 0.1) is 17.4 Å². The fourth-order valence-corrected chi connectivity index (χ4v) is 3.03. The van der Waals surface area contributed by atoms with Crippen molar-refractivity contribution in [3.63, 3.8) is 0 Å². The molecule has 1 aliphatic rings. The van der Waals surface area contributed by atoms with E-state index >= 15 is 0 Å². The number of rotatable bonds is 4. The van der Waals surface area contributed by atoms with Crippen LogP contribution in [0, 0.1) is 5.41 Å². The highest BCUT2D eigenvalue weighted by molar-refractivity contribution is 9.10. The van der Waals surface area contributed by atoms with E-state index in [0.29, 0.717) is 0 Å². The van der Waals surface area contributed by atoms with Crippen molar-refractivity contribution in [3.8, 4) is 0 Å². The Kier molecular flexibility index (Phi) is 4.06. The van der Waals surface area contributed by atoms with Gasteiger partial charge in [0.1, 0.15) is 0 Å². The van der Waals surface area contributed by atoms with Crippen LogP contribution >= 0.6 is 15.9 Å². The molecule has 0 fully saturated rings. The molecule has 3 rings (SSSR count). The van der Waals surface area contributed by atoms with Crippen LogP contribution in [0.15, 0.2) is 53.2 Å². The zero-order chi connectivity index (χ0) is 14.7. The molecule has 0 unspecified atom stereocenters. The highest BCUT2D eigenvalue weighted by Crippen LogP contribution is 2.33. The SMILES string of the molecule is CC[C@]1(CNc2cnnc3ccc(Br)cc23)C=CC=CC1. The van der Waals surface area contributed by atoms with Crippen molar-refractivity contribution in [2.75, 3.05) is 11.9 Å². The molecule has 4 heteroatoms. The first-order valence-corrected chi connectivity index (χ1v) is 8.01. The predicted octanol–water partition coefficient (Wildman–Crippen LogP) is 4.72. The van der Waals surface area contributed by atoms with Crippen LogP contribution in [0.3, 0.4) is 0 Å². The van der Waals surface area contributed by atoms with Crippen molar-refractivity contribution < 1.29 is 0 Å². The van der Waals surface area contributed by atoms with Crippen molar-refractivity contribution in [2.45, 2.75) is 19.8 Å². The van der Waals surface area contributed by atoms with Gasteiger partial charge >= 0.3 is 0 Å². The predicted molar refractivity (Wildman–Crippen MR) is 91.3 cm³/mol. The smallest absolute Gasteiger partial charge is 0.0951 e. The van der Waals surface area contributed by atoms with E-state index in [2.05, 4.69) is 68.7 Å². The van der Waals surface area contributed by atoms with Gasteiger partial charge in [-0.3, -0.25) is 0 Å². The molecule has 1 aromatic heterocycles. The molecule has 1 atom stereocenters. The molecule has 1 N–H and O–H groups in total. The number of halogens is 1. The summed E-state index contributed by atoms with van der Waals surface area (Å²) in [7, 11) is 0. The Bertz CT molecular complexity index is 708. The van der Waals surface area contributed by atoms with Gasteiger partial charge in [-0.2, -0.15) is 10.2 Å². The van der Waals surface area contributed by atoms with Gasteiger partial charge in [-0.25, -0.2) is 0 Å². The van der Waals surface area contributed by atoms with Crippen LogP contribution in [0.4, 0.5) is 5.69 Å². The lowest BCUT2D eigenvalue weighted by Crippen LogP contribution is -2.27. The van der Waals surface area contributed by atoms with Crippen LogP contribution in [0.1, 0.15) is 19.8 Å². The van der Waals surface area contributed by atoms with Gasteiger partial charge in [-0.15, -0.1) is 0 Å². The third-order valence-corrected chi connectivity index (χ3v) is 4.65. The molecule has 1 aromatic carbocycles. The molecule has 0 amide bonds. The van der Waals surface area contributed by atoms with Crippen LogP contribution in [0.25, 0.3) is 10.9 Å². The summed E-state index contributed by atoms with van der Waals surface area (Å²) in [5.74, 6) is 0. The van der Waals surface area contributed by atoms with E-state index in [1.54, 1.807) is 6.20 Å². The second-order valence-electron chi connectivity index (χ2n) is 5.48. The number of anilines is 1. The number of benzene rings is 1. The van der Waals surface area contributed by atoms with Crippen LogP contribution in [-0.2, 0) is 0 Å². The molecular weight excluding hydrogens is 326 g/mol. The van der Waals surface area contributed by atoms with E-state index < -0.39 is 0 Å². The third kappa shape index (κ3) is 3.00. The molecule has 0 saturated heterocycles. The van der Waals surface area contributed by atoms with Crippen molar-refractivity contribution in [2.24, 2.45) is 5.41 Å². The Balaban J connectivity index is 1.86. The molecule has 0 radical (unpaired) electrons. The van der Waals surface area contributed by atoms with Gasteiger partial charge in [0.2, 0.25) is 0 Å². The maximum atomic E-state index is 4.18. The van der Waals surface area contributed by atoms with Crippen LogP contribution < -0.4 is 5.32 Å². The second kappa shape index (κ2) is 5.98. The molecule has 1 aliphatic carbocycles. The van der Waals surface area contributed by atoms with Gasteiger partial charge < -0.3 is 5.32 Å². The normalized spacial score (nSPS) is 20.9. The van der Waals surface area contributed by atoms with E-state index in [1.165, 1.54) is 0 Å². The maximum absolute atomic E-state index is 4.18. The van der Waals surface area contributed by atoms with E-state index in [-0.39, 0.29) is 5.41 Å². The average molecular weight is 344 g/mol. The summed E-state index contributed by atoms with van der Waals surface area (Å²) < 4.78 is 1.05. The van der Waals surface area contributed by atoms with E-state index in [9.17, 15) is 0 Å². The molecule has 0 aliphatic heterocycles. The summed E-state index contributed by atoms with van der Waals surface area (Å²) in [6.45, 7) is 3.14.